The number of fused-ring (bicyclic) bond motifs is 1. The molecule has 2 aliphatic heterocycles. The SMILES string of the molecule is COc1c(N2CCC(C#N)CC2)cc(C(=O)CN2Cc3ccc(C4CC4)nc3C2=N)cc1C(C)(C)C. The van der Waals surface area contributed by atoms with Gasteiger partial charge in [0.15, 0.2) is 5.78 Å². The number of aromatic nitrogens is 1. The lowest BCUT2D eigenvalue weighted by atomic mass is 9.84. The number of nitrogens with one attached hydrogen (secondary N) is 1. The standard InChI is InChI=1S/C29H35N5O2/c1-29(2,3)22-13-21(14-24(27(22)36-4)33-11-9-18(15-30)10-12-33)25(35)17-34-16-20-7-8-23(19-5-6-19)32-26(20)28(34)31/h7-8,13-14,18-19,31H,5-6,9-12,16-17H2,1-4H3. The van der Waals surface area contributed by atoms with Crippen LogP contribution in [0.4, 0.5) is 5.69 Å². The summed E-state index contributed by atoms with van der Waals surface area (Å²) in [7, 11) is 1.68. The summed E-state index contributed by atoms with van der Waals surface area (Å²) >= 11 is 0. The lowest BCUT2D eigenvalue weighted by molar-refractivity contribution is 0.0962. The number of anilines is 1. The van der Waals surface area contributed by atoms with Crippen molar-refractivity contribution < 1.29 is 9.53 Å². The number of carbonyl (C=O) groups is 1. The average Bonchev–Trinajstić information content (AvgIpc) is 3.68. The largest absolute Gasteiger partial charge is 0.494 e. The molecular formula is C29H35N5O2. The van der Waals surface area contributed by atoms with Crippen molar-refractivity contribution in [3.63, 3.8) is 0 Å². The first-order valence-corrected chi connectivity index (χ1v) is 12.9. The molecule has 3 aliphatic rings. The predicted octanol–water partition coefficient (Wildman–Crippen LogP) is 5.03. The molecule has 0 unspecified atom stereocenters. The Morgan fingerprint density at radius 3 is 2.53 bits per heavy atom. The summed E-state index contributed by atoms with van der Waals surface area (Å²) in [6.45, 7) is 8.57. The van der Waals surface area contributed by atoms with Crippen LogP contribution in [0.25, 0.3) is 0 Å². The topological polar surface area (TPSA) is 93.3 Å². The molecule has 7 heteroatoms. The zero-order chi connectivity index (χ0) is 25.6. The first-order valence-electron chi connectivity index (χ1n) is 12.9. The van der Waals surface area contributed by atoms with E-state index in [1.165, 1.54) is 12.8 Å². The number of amidine groups is 1. The third kappa shape index (κ3) is 4.57. The second kappa shape index (κ2) is 9.24. The summed E-state index contributed by atoms with van der Waals surface area (Å²) in [5.74, 6) is 1.73. The van der Waals surface area contributed by atoms with Crippen LogP contribution in [0.3, 0.4) is 0 Å². The maximum absolute atomic E-state index is 13.6. The van der Waals surface area contributed by atoms with Crippen LogP contribution >= 0.6 is 0 Å². The number of carbonyl (C=O) groups excluding carboxylic acids is 1. The summed E-state index contributed by atoms with van der Waals surface area (Å²) in [6.07, 6.45) is 3.96. The highest BCUT2D eigenvalue weighted by Crippen LogP contribution is 2.42. The minimum atomic E-state index is -0.221. The second-order valence-corrected chi connectivity index (χ2v) is 11.4. The molecule has 3 heterocycles. The quantitative estimate of drug-likeness (QED) is 0.577. The Hall–Kier alpha value is -3.40. The van der Waals surface area contributed by atoms with E-state index in [9.17, 15) is 10.1 Å². The van der Waals surface area contributed by atoms with Gasteiger partial charge in [0.25, 0.3) is 0 Å². The lowest BCUT2D eigenvalue weighted by Gasteiger charge is -2.34. The summed E-state index contributed by atoms with van der Waals surface area (Å²) in [6, 6.07) is 10.4. The Morgan fingerprint density at radius 1 is 1.19 bits per heavy atom. The first-order chi connectivity index (χ1) is 17.2. The molecule has 36 heavy (non-hydrogen) atoms. The fourth-order valence-corrected chi connectivity index (χ4v) is 5.31. The molecule has 0 atom stereocenters. The minimum Gasteiger partial charge on any atom is -0.494 e. The summed E-state index contributed by atoms with van der Waals surface area (Å²) < 4.78 is 5.90. The molecule has 5 rings (SSSR count). The molecule has 0 bridgehead atoms. The maximum atomic E-state index is 13.6. The molecule has 1 saturated carbocycles. The Balaban J connectivity index is 1.42. The van der Waals surface area contributed by atoms with Crippen molar-refractivity contribution in [3.8, 4) is 11.8 Å². The number of hydrogen-bond donors (Lipinski definition) is 1. The van der Waals surface area contributed by atoms with E-state index in [4.69, 9.17) is 15.1 Å². The number of benzene rings is 1. The Morgan fingerprint density at radius 2 is 1.92 bits per heavy atom. The number of nitriles is 1. The van der Waals surface area contributed by atoms with Crippen LogP contribution < -0.4 is 9.64 Å². The predicted molar refractivity (Wildman–Crippen MR) is 140 cm³/mol. The van der Waals surface area contributed by atoms with Crippen molar-refractivity contribution in [2.24, 2.45) is 5.92 Å². The molecule has 1 N–H and O–H groups in total. The van der Waals surface area contributed by atoms with E-state index in [2.05, 4.69) is 43.9 Å². The monoisotopic (exact) mass is 485 g/mol. The van der Waals surface area contributed by atoms with Gasteiger partial charge in [0, 0.05) is 53.9 Å². The van der Waals surface area contributed by atoms with Crippen molar-refractivity contribution >= 4 is 17.3 Å². The maximum Gasteiger partial charge on any atom is 0.182 e. The van der Waals surface area contributed by atoms with Crippen LogP contribution in [0.1, 0.15) is 85.2 Å². The number of Topliss-reactive ketones (excluding diaryl/α,β-unsaturated/α-hetero) is 1. The van der Waals surface area contributed by atoms with Crippen LogP contribution in [0.15, 0.2) is 24.3 Å². The molecule has 1 aromatic carbocycles. The van der Waals surface area contributed by atoms with Gasteiger partial charge < -0.3 is 14.5 Å². The molecule has 188 valence electrons. The Kier molecular flexibility index (Phi) is 6.23. The van der Waals surface area contributed by atoms with E-state index in [1.54, 1.807) is 7.11 Å². The summed E-state index contributed by atoms with van der Waals surface area (Å²) in [5, 5.41) is 18.0. The molecule has 0 radical (unpaired) electrons. The highest BCUT2D eigenvalue weighted by atomic mass is 16.5. The smallest absolute Gasteiger partial charge is 0.182 e. The Bertz CT molecular complexity index is 1240. The lowest BCUT2D eigenvalue weighted by Crippen LogP contribution is -2.34. The number of rotatable bonds is 6. The van der Waals surface area contributed by atoms with Crippen LogP contribution in [-0.4, -0.2) is 48.2 Å². The van der Waals surface area contributed by atoms with E-state index >= 15 is 0 Å². The van der Waals surface area contributed by atoms with Crippen LogP contribution in [0.5, 0.6) is 5.75 Å². The van der Waals surface area contributed by atoms with Gasteiger partial charge in [0.2, 0.25) is 0 Å². The van der Waals surface area contributed by atoms with Gasteiger partial charge in [0.05, 0.1) is 25.4 Å². The van der Waals surface area contributed by atoms with Gasteiger partial charge in [-0.1, -0.05) is 26.8 Å². The zero-order valence-electron chi connectivity index (χ0n) is 21.7. The number of piperidine rings is 1. The molecule has 0 amide bonds. The van der Waals surface area contributed by atoms with E-state index in [1.807, 2.05) is 17.0 Å². The molecule has 2 aromatic rings. The van der Waals surface area contributed by atoms with Crippen molar-refractivity contribution in [1.29, 1.82) is 10.7 Å². The zero-order valence-corrected chi connectivity index (χ0v) is 21.7. The number of ketones is 1. The number of nitrogens with zero attached hydrogens (tertiary/aromatic N) is 4. The fourth-order valence-electron chi connectivity index (χ4n) is 5.31. The van der Waals surface area contributed by atoms with Crippen LogP contribution in [0.2, 0.25) is 0 Å². The number of pyridine rings is 1. The van der Waals surface area contributed by atoms with Gasteiger partial charge >= 0.3 is 0 Å². The van der Waals surface area contributed by atoms with Gasteiger partial charge in [0.1, 0.15) is 17.3 Å². The molecule has 1 aliphatic carbocycles. The van der Waals surface area contributed by atoms with Crippen molar-refractivity contribution in [3.05, 3.63) is 52.3 Å². The third-order valence-corrected chi connectivity index (χ3v) is 7.65. The molecule has 2 fully saturated rings. The molecule has 1 aromatic heterocycles. The van der Waals surface area contributed by atoms with E-state index in [0.29, 0.717) is 23.9 Å². The molecule has 0 spiro atoms. The molecular weight excluding hydrogens is 450 g/mol. The normalized spacial score (nSPS) is 18.2. The van der Waals surface area contributed by atoms with E-state index in [0.717, 1.165) is 59.9 Å². The van der Waals surface area contributed by atoms with Crippen molar-refractivity contribution in [2.45, 2.75) is 64.3 Å². The minimum absolute atomic E-state index is 0.0173. The van der Waals surface area contributed by atoms with Gasteiger partial charge in [-0.2, -0.15) is 5.26 Å². The van der Waals surface area contributed by atoms with Gasteiger partial charge in [-0.05, 0) is 49.3 Å². The van der Waals surface area contributed by atoms with Gasteiger partial charge in [-0.25, -0.2) is 4.98 Å². The average molecular weight is 486 g/mol. The van der Waals surface area contributed by atoms with Crippen molar-refractivity contribution in [1.82, 2.24) is 9.88 Å². The third-order valence-electron chi connectivity index (χ3n) is 7.65. The van der Waals surface area contributed by atoms with Crippen molar-refractivity contribution in [2.75, 3.05) is 31.6 Å². The van der Waals surface area contributed by atoms with Crippen LogP contribution in [-0.2, 0) is 12.0 Å². The van der Waals surface area contributed by atoms with E-state index in [-0.39, 0.29) is 23.7 Å². The number of methoxy groups -OCH3 is 1. The highest BCUT2D eigenvalue weighted by Gasteiger charge is 2.33. The summed E-state index contributed by atoms with van der Waals surface area (Å²) in [5.41, 5.74) is 5.13. The highest BCUT2D eigenvalue weighted by molar-refractivity contribution is 6.05. The van der Waals surface area contributed by atoms with Gasteiger partial charge in [-0.15, -0.1) is 0 Å². The first kappa shape index (κ1) is 24.3. The number of hydrogen-bond acceptors (Lipinski definition) is 6. The molecule has 1 saturated heterocycles. The Labute approximate surface area is 213 Å². The van der Waals surface area contributed by atoms with Crippen LogP contribution in [0, 0.1) is 22.7 Å². The van der Waals surface area contributed by atoms with E-state index < -0.39 is 0 Å². The number of ether oxygens (including phenoxy) is 1. The molecule has 7 nitrogen and oxygen atoms in total. The summed E-state index contributed by atoms with van der Waals surface area (Å²) in [4.78, 5) is 22.5. The fraction of sp³-hybridized carbons (Fsp3) is 0.517. The second-order valence-electron chi connectivity index (χ2n) is 11.4. The van der Waals surface area contributed by atoms with Gasteiger partial charge in [-0.3, -0.25) is 10.2 Å².